The third-order valence-electron chi connectivity index (χ3n) is 6.13. The third kappa shape index (κ3) is 1.87. The van der Waals surface area contributed by atoms with Crippen LogP contribution in [0, 0.1) is 0 Å². The first-order valence-electron chi connectivity index (χ1n) is 9.75. The summed E-state index contributed by atoms with van der Waals surface area (Å²) in [6, 6.07) is 29.9. The summed E-state index contributed by atoms with van der Waals surface area (Å²) in [5, 5.41) is 8.33. The fraction of sp³-hybridized carbons (Fsp3) is 0. The largest absolute Gasteiger partial charge is 0.354 e. The van der Waals surface area contributed by atoms with Gasteiger partial charge >= 0.3 is 0 Å². The molecule has 0 amide bonds. The Balaban J connectivity index is 1.83. The SMILES string of the molecule is Clc1ccc2[nH]c3c4cccc5c4c4c(cccc4n5-c4ccccc4)c3c2c1. The zero-order valence-corrected chi connectivity index (χ0v) is 16.2. The Labute approximate surface area is 171 Å². The second-order valence-electron chi connectivity index (χ2n) is 7.64. The maximum absolute atomic E-state index is 6.37. The Hall–Kier alpha value is -3.49. The van der Waals surface area contributed by atoms with E-state index in [0.717, 1.165) is 10.5 Å². The molecule has 2 aromatic heterocycles. The minimum absolute atomic E-state index is 0.761. The van der Waals surface area contributed by atoms with Crippen LogP contribution in [0.15, 0.2) is 84.9 Å². The van der Waals surface area contributed by atoms with Crippen molar-refractivity contribution in [2.45, 2.75) is 0 Å². The number of aromatic nitrogens is 2. The predicted octanol–water partition coefficient (Wildman–Crippen LogP) is 7.66. The Morgan fingerprint density at radius 2 is 1.34 bits per heavy atom. The van der Waals surface area contributed by atoms with Crippen molar-refractivity contribution in [2.75, 3.05) is 0 Å². The highest BCUT2D eigenvalue weighted by atomic mass is 35.5. The summed E-state index contributed by atoms with van der Waals surface area (Å²) in [6.07, 6.45) is 0. The summed E-state index contributed by atoms with van der Waals surface area (Å²) in [5.41, 5.74) is 5.95. The van der Waals surface area contributed by atoms with E-state index in [1.54, 1.807) is 0 Å². The number of para-hydroxylation sites is 1. The number of rotatable bonds is 1. The summed E-state index contributed by atoms with van der Waals surface area (Å²) < 4.78 is 2.37. The second-order valence-corrected chi connectivity index (χ2v) is 8.07. The molecular weight excluding hydrogens is 376 g/mol. The van der Waals surface area contributed by atoms with Gasteiger partial charge in [0.15, 0.2) is 0 Å². The Morgan fingerprint density at radius 3 is 2.14 bits per heavy atom. The highest BCUT2D eigenvalue weighted by Crippen LogP contribution is 2.45. The summed E-state index contributed by atoms with van der Waals surface area (Å²) >= 11 is 6.37. The van der Waals surface area contributed by atoms with Crippen LogP contribution in [-0.4, -0.2) is 9.55 Å². The molecule has 0 atom stereocenters. The van der Waals surface area contributed by atoms with Crippen LogP contribution in [0.25, 0.3) is 60.1 Å². The van der Waals surface area contributed by atoms with Crippen molar-refractivity contribution in [3.63, 3.8) is 0 Å². The van der Waals surface area contributed by atoms with Crippen molar-refractivity contribution in [2.24, 2.45) is 0 Å². The number of hydrogen-bond donors (Lipinski definition) is 1. The van der Waals surface area contributed by atoms with Gasteiger partial charge in [0.25, 0.3) is 0 Å². The van der Waals surface area contributed by atoms with Gasteiger partial charge in [-0.3, -0.25) is 0 Å². The molecule has 3 heteroatoms. The van der Waals surface area contributed by atoms with Crippen LogP contribution < -0.4 is 0 Å². The van der Waals surface area contributed by atoms with Gasteiger partial charge in [-0.25, -0.2) is 0 Å². The number of nitrogens with zero attached hydrogens (tertiary/aromatic N) is 1. The smallest absolute Gasteiger partial charge is 0.0551 e. The normalized spacial score (nSPS) is 12.3. The topological polar surface area (TPSA) is 20.7 Å². The summed E-state index contributed by atoms with van der Waals surface area (Å²) in [5.74, 6) is 0. The maximum atomic E-state index is 6.37. The molecular formula is C26H15ClN2. The van der Waals surface area contributed by atoms with Gasteiger partial charge in [-0.15, -0.1) is 0 Å². The van der Waals surface area contributed by atoms with E-state index in [4.69, 9.17) is 11.6 Å². The quantitative estimate of drug-likeness (QED) is 0.278. The fourth-order valence-corrected chi connectivity index (χ4v) is 5.20. The Bertz CT molecular complexity index is 1700. The van der Waals surface area contributed by atoms with Gasteiger partial charge in [0.05, 0.1) is 16.6 Å². The second kappa shape index (κ2) is 5.31. The molecule has 29 heavy (non-hydrogen) atoms. The number of halogens is 1. The van der Waals surface area contributed by atoms with Crippen LogP contribution >= 0.6 is 11.6 Å². The van der Waals surface area contributed by atoms with Crippen molar-refractivity contribution in [1.29, 1.82) is 0 Å². The van der Waals surface area contributed by atoms with E-state index in [0.29, 0.717) is 0 Å². The molecule has 0 bridgehead atoms. The van der Waals surface area contributed by atoms with Crippen LogP contribution in [0.1, 0.15) is 0 Å². The van der Waals surface area contributed by atoms with Crippen molar-refractivity contribution in [3.05, 3.63) is 90.0 Å². The van der Waals surface area contributed by atoms with Crippen LogP contribution in [-0.2, 0) is 0 Å². The lowest BCUT2D eigenvalue weighted by Gasteiger charge is -2.07. The van der Waals surface area contributed by atoms with Gasteiger partial charge in [-0.2, -0.15) is 0 Å². The molecule has 0 aliphatic carbocycles. The van der Waals surface area contributed by atoms with Gasteiger partial charge in [-0.1, -0.05) is 54.1 Å². The molecule has 0 radical (unpaired) electrons. The van der Waals surface area contributed by atoms with Crippen LogP contribution in [0.5, 0.6) is 0 Å². The van der Waals surface area contributed by atoms with Crippen molar-refractivity contribution < 1.29 is 0 Å². The molecule has 1 N–H and O–H groups in total. The Kier molecular flexibility index (Phi) is 2.83. The zero-order valence-electron chi connectivity index (χ0n) is 15.4. The molecule has 2 nitrogen and oxygen atoms in total. The molecule has 2 heterocycles. The first-order chi connectivity index (χ1) is 14.3. The highest BCUT2D eigenvalue weighted by Gasteiger charge is 2.21. The minimum Gasteiger partial charge on any atom is -0.354 e. The van der Waals surface area contributed by atoms with E-state index in [1.165, 1.54) is 54.6 Å². The molecule has 5 aromatic carbocycles. The lowest BCUT2D eigenvalue weighted by molar-refractivity contribution is 1.18. The number of H-pyrrole nitrogens is 1. The third-order valence-corrected chi connectivity index (χ3v) is 6.37. The zero-order chi connectivity index (χ0) is 19.1. The number of aromatic amines is 1. The molecule has 0 unspecified atom stereocenters. The molecule has 0 aliphatic rings. The van der Waals surface area contributed by atoms with Crippen LogP contribution in [0.4, 0.5) is 0 Å². The summed E-state index contributed by atoms with van der Waals surface area (Å²) in [6.45, 7) is 0. The molecule has 0 saturated carbocycles. The first kappa shape index (κ1) is 15.4. The van der Waals surface area contributed by atoms with E-state index >= 15 is 0 Å². The molecule has 0 aliphatic heterocycles. The number of benzene rings is 5. The lowest BCUT2D eigenvalue weighted by Crippen LogP contribution is -1.92. The maximum Gasteiger partial charge on any atom is 0.0551 e. The van der Waals surface area contributed by atoms with Gasteiger partial charge in [0.2, 0.25) is 0 Å². The monoisotopic (exact) mass is 390 g/mol. The highest BCUT2D eigenvalue weighted by molar-refractivity contribution is 6.38. The molecule has 7 aromatic rings. The van der Waals surface area contributed by atoms with E-state index in [2.05, 4.69) is 88.4 Å². The van der Waals surface area contributed by atoms with Gasteiger partial charge in [0.1, 0.15) is 0 Å². The van der Waals surface area contributed by atoms with Crippen molar-refractivity contribution in [3.8, 4) is 5.69 Å². The average molecular weight is 391 g/mol. The molecule has 0 saturated heterocycles. The molecule has 0 spiro atoms. The average Bonchev–Trinajstić information content (AvgIpc) is 3.30. The lowest BCUT2D eigenvalue weighted by atomic mass is 9.97. The summed E-state index contributed by atoms with van der Waals surface area (Å²) in [7, 11) is 0. The number of fused-ring (bicyclic) bond motifs is 5. The first-order valence-corrected chi connectivity index (χ1v) is 10.1. The molecule has 7 rings (SSSR count). The van der Waals surface area contributed by atoms with Crippen molar-refractivity contribution in [1.82, 2.24) is 9.55 Å². The van der Waals surface area contributed by atoms with E-state index in [9.17, 15) is 0 Å². The van der Waals surface area contributed by atoms with Crippen molar-refractivity contribution >= 4 is 66.0 Å². The summed E-state index contributed by atoms with van der Waals surface area (Å²) in [4.78, 5) is 3.67. The van der Waals surface area contributed by atoms with Crippen LogP contribution in [0.3, 0.4) is 0 Å². The van der Waals surface area contributed by atoms with E-state index in [1.807, 2.05) is 6.07 Å². The van der Waals surface area contributed by atoms with Gasteiger partial charge in [0, 0.05) is 43.2 Å². The van der Waals surface area contributed by atoms with Gasteiger partial charge < -0.3 is 9.55 Å². The number of nitrogens with one attached hydrogen (secondary N) is 1. The van der Waals surface area contributed by atoms with E-state index in [-0.39, 0.29) is 0 Å². The fourth-order valence-electron chi connectivity index (χ4n) is 5.03. The predicted molar refractivity (Wildman–Crippen MR) is 124 cm³/mol. The van der Waals surface area contributed by atoms with Gasteiger partial charge in [-0.05, 0) is 47.9 Å². The Morgan fingerprint density at radius 1 is 0.621 bits per heavy atom. The standard InChI is InChI=1S/C26H15ClN2/c27-15-12-13-20-19(14-15)23-17-8-4-10-21-24(17)25-18(26(23)28-20)9-5-11-22(25)29(21)16-6-2-1-3-7-16/h1-14,28H. The number of hydrogen-bond acceptors (Lipinski definition) is 0. The molecule has 136 valence electrons. The van der Waals surface area contributed by atoms with E-state index < -0.39 is 0 Å². The molecule has 0 fully saturated rings. The minimum atomic E-state index is 0.761. The van der Waals surface area contributed by atoms with Crippen LogP contribution in [0.2, 0.25) is 5.02 Å².